The smallest absolute Gasteiger partial charge is 0.347 e. The lowest BCUT2D eigenvalue weighted by Crippen LogP contribution is -2.33. The summed E-state index contributed by atoms with van der Waals surface area (Å²) in [7, 11) is -3.77. The Hall–Kier alpha value is -4.25. The molecular formula is C27H25FN4O5S. The minimum Gasteiger partial charge on any atom is -0.491 e. The van der Waals surface area contributed by atoms with Crippen LogP contribution in [-0.2, 0) is 22.8 Å². The molecular weight excluding hydrogens is 511 g/mol. The van der Waals surface area contributed by atoms with Crippen LogP contribution in [0.3, 0.4) is 0 Å². The predicted octanol–water partition coefficient (Wildman–Crippen LogP) is 3.37. The van der Waals surface area contributed by atoms with Crippen LogP contribution >= 0.6 is 0 Å². The zero-order valence-corrected chi connectivity index (χ0v) is 21.6. The van der Waals surface area contributed by atoms with Crippen LogP contribution in [-0.4, -0.2) is 53.4 Å². The molecule has 0 atom stereocenters. The predicted molar refractivity (Wildman–Crippen MR) is 139 cm³/mol. The number of nitrogens with zero attached hydrogens (tertiary/aromatic N) is 3. The third-order valence-electron chi connectivity index (χ3n) is 6.55. The summed E-state index contributed by atoms with van der Waals surface area (Å²) in [5.74, 6) is -0.617. The summed E-state index contributed by atoms with van der Waals surface area (Å²) in [6, 6.07) is 15.6. The normalized spacial score (nSPS) is 13.5. The summed E-state index contributed by atoms with van der Waals surface area (Å²) in [6.07, 6.45) is 2.52. The Morgan fingerprint density at radius 3 is 2.50 bits per heavy atom. The van der Waals surface area contributed by atoms with Crippen molar-refractivity contribution in [2.24, 2.45) is 0 Å². The molecule has 0 fully saturated rings. The summed E-state index contributed by atoms with van der Waals surface area (Å²) in [5.41, 5.74) is 3.14. The quantitative estimate of drug-likeness (QED) is 0.418. The van der Waals surface area contributed by atoms with Gasteiger partial charge in [-0.3, -0.25) is 4.79 Å². The second kappa shape index (κ2) is 9.90. The van der Waals surface area contributed by atoms with Crippen molar-refractivity contribution >= 4 is 15.7 Å². The summed E-state index contributed by atoms with van der Waals surface area (Å²) >= 11 is 0. The third-order valence-corrected chi connectivity index (χ3v) is 7.66. The van der Waals surface area contributed by atoms with Gasteiger partial charge in [0.25, 0.3) is 5.91 Å². The number of nitrogens with one attached hydrogen (secondary N) is 1. The van der Waals surface area contributed by atoms with Crippen LogP contribution < -0.4 is 10.4 Å². The fourth-order valence-corrected chi connectivity index (χ4v) is 5.36. The highest BCUT2D eigenvalue weighted by atomic mass is 32.2. The van der Waals surface area contributed by atoms with E-state index in [-0.39, 0.29) is 42.9 Å². The number of sulfone groups is 1. The number of fused-ring (bicyclic) bond motifs is 1. The van der Waals surface area contributed by atoms with E-state index in [1.54, 1.807) is 11.8 Å². The molecule has 1 aliphatic rings. The Balaban J connectivity index is 1.44. The molecule has 38 heavy (non-hydrogen) atoms. The first-order chi connectivity index (χ1) is 18.2. The van der Waals surface area contributed by atoms with E-state index in [1.165, 1.54) is 17.0 Å². The fraction of sp³-hybridized carbons (Fsp3) is 0.222. The van der Waals surface area contributed by atoms with Gasteiger partial charge in [0, 0.05) is 29.5 Å². The van der Waals surface area contributed by atoms with Crippen molar-refractivity contribution in [1.29, 1.82) is 0 Å². The zero-order valence-electron chi connectivity index (χ0n) is 20.8. The van der Waals surface area contributed by atoms with Crippen molar-refractivity contribution in [3.8, 4) is 22.6 Å². The van der Waals surface area contributed by atoms with Gasteiger partial charge in [0.1, 0.15) is 29.4 Å². The maximum atomic E-state index is 15.1. The molecule has 196 valence electrons. The summed E-state index contributed by atoms with van der Waals surface area (Å²) < 4.78 is 46.3. The number of aromatic amines is 1. The lowest BCUT2D eigenvalue weighted by Gasteiger charge is -2.22. The molecule has 1 aromatic heterocycles. The van der Waals surface area contributed by atoms with E-state index in [0.29, 0.717) is 11.4 Å². The van der Waals surface area contributed by atoms with E-state index in [9.17, 15) is 18.0 Å². The number of rotatable bonds is 5. The van der Waals surface area contributed by atoms with E-state index >= 15 is 4.39 Å². The van der Waals surface area contributed by atoms with Crippen LogP contribution in [0, 0.1) is 5.82 Å². The van der Waals surface area contributed by atoms with Gasteiger partial charge in [0.05, 0.1) is 12.2 Å². The van der Waals surface area contributed by atoms with Crippen LogP contribution in [0.2, 0.25) is 0 Å². The molecule has 0 saturated heterocycles. The Morgan fingerprint density at radius 2 is 1.84 bits per heavy atom. The zero-order chi connectivity index (χ0) is 27.0. The Bertz CT molecular complexity index is 1690. The Labute approximate surface area is 218 Å². The molecule has 0 spiro atoms. The van der Waals surface area contributed by atoms with Gasteiger partial charge in [0.15, 0.2) is 9.84 Å². The first-order valence-corrected chi connectivity index (χ1v) is 13.9. The van der Waals surface area contributed by atoms with Crippen LogP contribution in [0.5, 0.6) is 5.75 Å². The molecule has 1 amide bonds. The summed E-state index contributed by atoms with van der Waals surface area (Å²) in [6.45, 7) is 2.47. The number of H-pyrrole nitrogens is 1. The van der Waals surface area contributed by atoms with Crippen molar-refractivity contribution in [2.75, 3.05) is 19.4 Å². The molecule has 2 heterocycles. The average molecular weight is 537 g/mol. The molecule has 0 unspecified atom stereocenters. The first kappa shape index (κ1) is 25.4. The number of halogens is 1. The second-order valence-corrected chi connectivity index (χ2v) is 11.0. The number of ether oxygens (including phenoxy) is 1. The average Bonchev–Trinajstić information content (AvgIpc) is 3.21. The number of hydrogen-bond donors (Lipinski definition) is 1. The van der Waals surface area contributed by atoms with Crippen molar-refractivity contribution in [2.45, 2.75) is 24.8 Å². The molecule has 9 nitrogen and oxygen atoms in total. The minimum atomic E-state index is -3.77. The van der Waals surface area contributed by atoms with Crippen molar-refractivity contribution in [3.05, 3.63) is 93.9 Å². The maximum absolute atomic E-state index is 15.1. The third kappa shape index (κ3) is 4.72. The van der Waals surface area contributed by atoms with Gasteiger partial charge in [0.2, 0.25) is 0 Å². The van der Waals surface area contributed by atoms with E-state index in [2.05, 4.69) is 10.2 Å². The van der Waals surface area contributed by atoms with Crippen LogP contribution in [0.1, 0.15) is 28.4 Å². The lowest BCUT2D eigenvalue weighted by atomic mass is 10.0. The Kier molecular flexibility index (Phi) is 6.62. The van der Waals surface area contributed by atoms with Crippen LogP contribution in [0.4, 0.5) is 4.39 Å². The van der Waals surface area contributed by atoms with E-state index in [0.717, 1.165) is 29.0 Å². The molecule has 11 heteroatoms. The van der Waals surface area contributed by atoms with Gasteiger partial charge >= 0.3 is 5.69 Å². The summed E-state index contributed by atoms with van der Waals surface area (Å²) in [4.78, 5) is 26.5. The van der Waals surface area contributed by atoms with Crippen LogP contribution in [0.15, 0.2) is 70.6 Å². The van der Waals surface area contributed by atoms with E-state index in [1.807, 2.05) is 42.5 Å². The number of amides is 1. The topological polar surface area (TPSA) is 114 Å². The van der Waals surface area contributed by atoms with Gasteiger partial charge in [-0.15, -0.1) is 0 Å². The molecule has 4 aromatic rings. The highest BCUT2D eigenvalue weighted by Crippen LogP contribution is 2.31. The highest BCUT2D eigenvalue weighted by molar-refractivity contribution is 7.90. The van der Waals surface area contributed by atoms with E-state index < -0.39 is 26.5 Å². The second-order valence-electron chi connectivity index (χ2n) is 9.01. The fourth-order valence-electron chi connectivity index (χ4n) is 4.60. The molecule has 0 radical (unpaired) electrons. The molecule has 0 aliphatic carbocycles. The van der Waals surface area contributed by atoms with Crippen molar-refractivity contribution in [1.82, 2.24) is 19.7 Å². The largest absolute Gasteiger partial charge is 0.491 e. The SMILES string of the molecule is CCc1c(C(=O)N2CCOc3ccc(-c4ccc(-n5cn[nH]c5=O)cc4)cc3C2)ccc(S(C)(=O)=O)c1F. The van der Waals surface area contributed by atoms with Gasteiger partial charge in [-0.05, 0) is 53.9 Å². The number of carbonyl (C=O) groups is 1. The minimum absolute atomic E-state index is 0.0777. The molecule has 5 rings (SSSR count). The van der Waals surface area contributed by atoms with E-state index in [4.69, 9.17) is 4.74 Å². The lowest BCUT2D eigenvalue weighted by molar-refractivity contribution is 0.0731. The maximum Gasteiger partial charge on any atom is 0.347 e. The van der Waals surface area contributed by atoms with Crippen LogP contribution in [0.25, 0.3) is 16.8 Å². The highest BCUT2D eigenvalue weighted by Gasteiger charge is 2.27. The molecule has 1 N–H and O–H groups in total. The number of hydrogen-bond acceptors (Lipinski definition) is 6. The van der Waals surface area contributed by atoms with Gasteiger partial charge in [-0.2, -0.15) is 5.10 Å². The standard InChI is InChI=1S/C27H25FN4O5S/c1-3-21-22(9-11-24(25(21)28)38(2,35)36)26(33)31-12-13-37-23-10-6-18(14-19(23)15-31)17-4-7-20(8-5-17)32-16-29-30-27(32)34/h4-11,14,16H,3,12-13,15H2,1-2H3,(H,30,34). The summed E-state index contributed by atoms with van der Waals surface area (Å²) in [5, 5.41) is 6.10. The van der Waals surface area contributed by atoms with Gasteiger partial charge in [-0.1, -0.05) is 25.1 Å². The number of benzene rings is 3. The molecule has 1 aliphatic heterocycles. The number of carbonyl (C=O) groups excluding carboxylic acids is 1. The first-order valence-electron chi connectivity index (χ1n) is 12.0. The van der Waals surface area contributed by atoms with Crippen molar-refractivity contribution < 1.29 is 22.3 Å². The van der Waals surface area contributed by atoms with Crippen molar-refractivity contribution in [3.63, 3.8) is 0 Å². The molecule has 0 bridgehead atoms. The van der Waals surface area contributed by atoms with Gasteiger partial charge in [-0.25, -0.2) is 27.3 Å². The van der Waals surface area contributed by atoms with Gasteiger partial charge < -0.3 is 9.64 Å². The monoisotopic (exact) mass is 536 g/mol. The molecule has 0 saturated carbocycles. The Morgan fingerprint density at radius 1 is 1.11 bits per heavy atom. The number of aromatic nitrogens is 3. The molecule has 3 aromatic carbocycles.